The molecule has 2 aromatic rings. The van der Waals surface area contributed by atoms with Crippen molar-refractivity contribution in [1.82, 2.24) is 15.0 Å². The Morgan fingerprint density at radius 2 is 2.20 bits per heavy atom. The molecule has 0 aliphatic carbocycles. The summed E-state index contributed by atoms with van der Waals surface area (Å²) in [5.41, 5.74) is 1.80. The summed E-state index contributed by atoms with van der Waals surface area (Å²) in [6.45, 7) is 0. The number of hydrogen-bond donors (Lipinski definition) is 0. The summed E-state index contributed by atoms with van der Waals surface area (Å²) in [4.78, 5) is 11.5. The predicted octanol–water partition coefficient (Wildman–Crippen LogP) is 1.23. The second-order valence-electron chi connectivity index (χ2n) is 1.67. The minimum absolute atomic E-state index is 0.257. The van der Waals surface area contributed by atoms with Crippen LogP contribution in [0.5, 0.6) is 0 Å². The fraction of sp³-hybridized carbons (Fsp3) is 0. The van der Waals surface area contributed by atoms with Gasteiger partial charge in [0, 0.05) is 0 Å². The third-order valence-electron chi connectivity index (χ3n) is 1.09. The lowest BCUT2D eigenvalue weighted by molar-refractivity contribution is 0.591. The quantitative estimate of drug-likeness (QED) is 0.537. The number of aromatic nitrogens is 3. The van der Waals surface area contributed by atoms with E-state index >= 15 is 0 Å². The highest BCUT2D eigenvalue weighted by Crippen LogP contribution is 2.14. The normalized spacial score (nSPS) is 10.5. The average molecular weight is 155 g/mol. The number of nitrogens with zero attached hydrogens (tertiary/aromatic N) is 3. The van der Waals surface area contributed by atoms with Gasteiger partial charge < -0.3 is 0 Å². The van der Waals surface area contributed by atoms with Crippen molar-refractivity contribution in [2.45, 2.75) is 0 Å². The van der Waals surface area contributed by atoms with Crippen molar-refractivity contribution in [2.75, 3.05) is 0 Å². The highest BCUT2D eigenvalue weighted by molar-refractivity contribution is 7.16. The highest BCUT2D eigenvalue weighted by Gasteiger charge is 2.02. The van der Waals surface area contributed by atoms with E-state index in [2.05, 4.69) is 15.0 Å². The second-order valence-corrected chi connectivity index (χ2v) is 2.50. The number of hydrogen-bond acceptors (Lipinski definition) is 4. The maximum Gasteiger partial charge on any atom is 0.243 e. The third kappa shape index (κ3) is 0.672. The van der Waals surface area contributed by atoms with Gasteiger partial charge in [0.25, 0.3) is 0 Å². The molecule has 0 saturated carbocycles. The van der Waals surface area contributed by atoms with E-state index < -0.39 is 5.95 Å². The number of fused-ring (bicyclic) bond motifs is 1. The van der Waals surface area contributed by atoms with E-state index in [0.29, 0.717) is 4.83 Å². The Labute approximate surface area is 59.6 Å². The molecule has 2 rings (SSSR count). The first kappa shape index (κ1) is 5.67. The molecule has 0 fully saturated rings. The second kappa shape index (κ2) is 1.95. The summed E-state index contributed by atoms with van der Waals surface area (Å²) in [5, 5.41) is 0. The van der Waals surface area contributed by atoms with Crippen LogP contribution in [0.2, 0.25) is 0 Å². The van der Waals surface area contributed by atoms with Gasteiger partial charge in [-0.05, 0) is 0 Å². The maximum absolute atomic E-state index is 12.6. The summed E-state index contributed by atoms with van der Waals surface area (Å²) in [6, 6.07) is 0. The molecule has 0 N–H and O–H groups in total. The monoisotopic (exact) mass is 155 g/mol. The minimum atomic E-state index is -0.550. The zero-order valence-corrected chi connectivity index (χ0v) is 5.60. The van der Waals surface area contributed by atoms with Crippen LogP contribution in [0.1, 0.15) is 0 Å². The van der Waals surface area contributed by atoms with Gasteiger partial charge in [-0.25, -0.2) is 15.0 Å². The largest absolute Gasteiger partial charge is 0.243 e. The van der Waals surface area contributed by atoms with Gasteiger partial charge in [0.2, 0.25) is 5.95 Å². The number of thiazole rings is 1. The molecule has 0 spiro atoms. The summed E-state index contributed by atoms with van der Waals surface area (Å²) >= 11 is 1.30. The van der Waals surface area contributed by atoms with Crippen molar-refractivity contribution in [2.24, 2.45) is 0 Å². The molecule has 0 aromatic carbocycles. The van der Waals surface area contributed by atoms with Crippen LogP contribution in [0.25, 0.3) is 10.3 Å². The van der Waals surface area contributed by atoms with Gasteiger partial charge in [0.1, 0.15) is 11.2 Å². The molecule has 50 valence electrons. The van der Waals surface area contributed by atoms with Crippen LogP contribution in [0.3, 0.4) is 0 Å². The summed E-state index contributed by atoms with van der Waals surface area (Å²) < 4.78 is 12.6. The Balaban J connectivity index is 2.95. The lowest BCUT2D eigenvalue weighted by Crippen LogP contribution is -1.84. The van der Waals surface area contributed by atoms with E-state index in [1.807, 2.05) is 0 Å². The Kier molecular flexibility index (Phi) is 1.10. The summed E-state index contributed by atoms with van der Waals surface area (Å²) in [7, 11) is 0. The molecule has 3 nitrogen and oxygen atoms in total. The first-order chi connectivity index (χ1) is 4.88. The smallest absolute Gasteiger partial charge is 0.238 e. The zero-order chi connectivity index (χ0) is 6.97. The van der Waals surface area contributed by atoms with Crippen molar-refractivity contribution in [1.29, 1.82) is 0 Å². The van der Waals surface area contributed by atoms with Crippen LogP contribution in [-0.4, -0.2) is 15.0 Å². The molecule has 2 aromatic heterocycles. The molecule has 0 aliphatic heterocycles. The van der Waals surface area contributed by atoms with Crippen molar-refractivity contribution in [3.63, 3.8) is 0 Å². The van der Waals surface area contributed by atoms with Crippen molar-refractivity contribution in [3.05, 3.63) is 17.8 Å². The van der Waals surface area contributed by atoms with Crippen molar-refractivity contribution < 1.29 is 4.39 Å². The Hall–Kier alpha value is -1.10. The van der Waals surface area contributed by atoms with E-state index in [9.17, 15) is 4.39 Å². The lowest BCUT2D eigenvalue weighted by atomic mass is 10.6. The van der Waals surface area contributed by atoms with Crippen LogP contribution in [-0.2, 0) is 0 Å². The van der Waals surface area contributed by atoms with E-state index in [0.717, 1.165) is 0 Å². The third-order valence-corrected chi connectivity index (χ3v) is 1.82. The van der Waals surface area contributed by atoms with E-state index in [1.54, 1.807) is 5.51 Å². The van der Waals surface area contributed by atoms with E-state index in [1.165, 1.54) is 17.7 Å². The predicted molar refractivity (Wildman–Crippen MR) is 35.2 cm³/mol. The van der Waals surface area contributed by atoms with Crippen molar-refractivity contribution >= 4 is 21.7 Å². The van der Waals surface area contributed by atoms with Crippen molar-refractivity contribution in [3.8, 4) is 0 Å². The fourth-order valence-electron chi connectivity index (χ4n) is 0.666. The van der Waals surface area contributed by atoms with E-state index in [4.69, 9.17) is 0 Å². The Morgan fingerprint density at radius 1 is 1.30 bits per heavy atom. The molecule has 0 unspecified atom stereocenters. The number of rotatable bonds is 0. The van der Waals surface area contributed by atoms with Crippen LogP contribution < -0.4 is 0 Å². The van der Waals surface area contributed by atoms with E-state index in [-0.39, 0.29) is 5.52 Å². The molecule has 10 heavy (non-hydrogen) atoms. The van der Waals surface area contributed by atoms with Gasteiger partial charge in [-0.2, -0.15) is 4.39 Å². The molecular weight excluding hydrogens is 153 g/mol. The maximum atomic E-state index is 12.6. The SMILES string of the molecule is Fc1ncnc2scnc12. The Bertz CT molecular complexity index is 358. The van der Waals surface area contributed by atoms with Gasteiger partial charge in [0.15, 0.2) is 5.52 Å². The average Bonchev–Trinajstić information content (AvgIpc) is 2.36. The lowest BCUT2D eigenvalue weighted by Gasteiger charge is -1.84. The van der Waals surface area contributed by atoms with Crippen LogP contribution >= 0.6 is 11.3 Å². The molecule has 0 saturated heterocycles. The van der Waals surface area contributed by atoms with Crippen LogP contribution in [0.4, 0.5) is 4.39 Å². The van der Waals surface area contributed by atoms with Gasteiger partial charge in [-0.1, -0.05) is 0 Å². The fourth-order valence-corrected chi connectivity index (χ4v) is 1.28. The standard InChI is InChI=1S/C5H2FN3S/c6-4-3-5(8-1-7-4)10-2-9-3/h1-2H. The van der Waals surface area contributed by atoms with Crippen LogP contribution in [0.15, 0.2) is 11.8 Å². The molecule has 0 amide bonds. The first-order valence-corrected chi connectivity index (χ1v) is 3.45. The minimum Gasteiger partial charge on any atom is -0.238 e. The van der Waals surface area contributed by atoms with Gasteiger partial charge in [0.05, 0.1) is 5.51 Å². The summed E-state index contributed by atoms with van der Waals surface area (Å²) in [6.07, 6.45) is 1.19. The van der Waals surface area contributed by atoms with Gasteiger partial charge in [-0.3, -0.25) is 0 Å². The molecule has 2 heterocycles. The molecule has 0 aliphatic rings. The highest BCUT2D eigenvalue weighted by atomic mass is 32.1. The summed E-state index contributed by atoms with van der Waals surface area (Å²) in [5.74, 6) is -0.550. The number of halogens is 1. The molecule has 0 radical (unpaired) electrons. The Morgan fingerprint density at radius 3 is 3.00 bits per heavy atom. The zero-order valence-electron chi connectivity index (χ0n) is 4.78. The molecule has 5 heteroatoms. The van der Waals surface area contributed by atoms with Crippen LogP contribution in [0, 0.1) is 5.95 Å². The van der Waals surface area contributed by atoms with Gasteiger partial charge in [-0.15, -0.1) is 11.3 Å². The first-order valence-electron chi connectivity index (χ1n) is 2.57. The van der Waals surface area contributed by atoms with Gasteiger partial charge >= 0.3 is 0 Å². The molecule has 0 bridgehead atoms. The molecular formula is C5H2FN3S. The molecule has 0 atom stereocenters. The topological polar surface area (TPSA) is 38.7 Å².